The van der Waals surface area contributed by atoms with Crippen molar-refractivity contribution in [2.45, 2.75) is 5.37 Å². The molecule has 0 saturated heterocycles. The van der Waals surface area contributed by atoms with Crippen LogP contribution >= 0.6 is 10.0 Å². The van der Waals surface area contributed by atoms with Gasteiger partial charge in [-0.25, -0.2) is 0 Å². The summed E-state index contributed by atoms with van der Waals surface area (Å²) in [4.78, 5) is 22.7. The van der Waals surface area contributed by atoms with Gasteiger partial charge in [0.05, 0.1) is 33.8 Å². The molecule has 0 radical (unpaired) electrons. The molecule has 210 valence electrons. The Morgan fingerprint density at radius 2 is 1.07 bits per heavy atom. The van der Waals surface area contributed by atoms with E-state index in [-0.39, 0.29) is 5.37 Å². The van der Waals surface area contributed by atoms with Gasteiger partial charge in [0.2, 0.25) is 0 Å². The van der Waals surface area contributed by atoms with E-state index in [1.54, 1.807) is 6.20 Å². The Kier molecular flexibility index (Phi) is 7.05. The van der Waals surface area contributed by atoms with Crippen LogP contribution in [0.3, 0.4) is 0 Å². The molecule has 1 aliphatic heterocycles. The highest BCUT2D eigenvalue weighted by Crippen LogP contribution is 2.73. The fourth-order valence-electron chi connectivity index (χ4n) is 5.91. The summed E-state index contributed by atoms with van der Waals surface area (Å²) >= 11 is 0. The first-order valence-electron chi connectivity index (χ1n) is 14.2. The SMILES string of the molecule is CS1(C)C(c2ccc(-c3ccccn3)nc2)=C(c2ccccc2)N(c2ccccc2)C1c1ccc(-c2ccccn2)nc1. The molecule has 6 heteroatoms. The normalized spacial score (nSPS) is 16.7. The Hall–Kier alpha value is -5.07. The van der Waals surface area contributed by atoms with E-state index in [2.05, 4.69) is 112 Å². The molecule has 7 rings (SSSR count). The first-order chi connectivity index (χ1) is 21.1. The summed E-state index contributed by atoms with van der Waals surface area (Å²) in [5.74, 6) is 0. The Balaban J connectivity index is 1.41. The lowest BCUT2D eigenvalue weighted by atomic mass is 10.1. The van der Waals surface area contributed by atoms with Crippen LogP contribution in [-0.4, -0.2) is 32.4 Å². The zero-order chi connectivity index (χ0) is 29.2. The smallest absolute Gasteiger partial charge is 0.0952 e. The minimum Gasteiger partial charge on any atom is -0.324 e. The van der Waals surface area contributed by atoms with Crippen molar-refractivity contribution >= 4 is 26.3 Å². The van der Waals surface area contributed by atoms with Gasteiger partial charge in [-0.2, -0.15) is 10.0 Å². The number of benzene rings is 2. The molecule has 0 saturated carbocycles. The fraction of sp³-hybridized carbons (Fsp3) is 0.0811. The van der Waals surface area contributed by atoms with Crippen LogP contribution in [0.2, 0.25) is 0 Å². The van der Waals surface area contributed by atoms with E-state index in [4.69, 9.17) is 9.97 Å². The first kappa shape index (κ1) is 26.8. The summed E-state index contributed by atoms with van der Waals surface area (Å²) in [5, 5.41) is 0.0563. The summed E-state index contributed by atoms with van der Waals surface area (Å²) in [7, 11) is -1.49. The van der Waals surface area contributed by atoms with Crippen LogP contribution in [0.25, 0.3) is 33.4 Å². The average Bonchev–Trinajstić information content (AvgIpc) is 3.33. The molecule has 0 bridgehead atoms. The van der Waals surface area contributed by atoms with Crippen LogP contribution < -0.4 is 4.90 Å². The Bertz CT molecular complexity index is 1860. The molecule has 5 nitrogen and oxygen atoms in total. The van der Waals surface area contributed by atoms with Gasteiger partial charge in [0.15, 0.2) is 0 Å². The van der Waals surface area contributed by atoms with Gasteiger partial charge in [-0.15, -0.1) is 0 Å². The van der Waals surface area contributed by atoms with Gasteiger partial charge in [0.25, 0.3) is 0 Å². The van der Waals surface area contributed by atoms with Crippen LogP contribution in [0.4, 0.5) is 5.69 Å². The van der Waals surface area contributed by atoms with Crippen molar-refractivity contribution in [3.05, 3.63) is 163 Å². The van der Waals surface area contributed by atoms with Crippen molar-refractivity contribution < 1.29 is 0 Å². The van der Waals surface area contributed by atoms with Crippen molar-refractivity contribution in [2.24, 2.45) is 0 Å². The number of nitrogens with zero attached hydrogens (tertiary/aromatic N) is 5. The average molecular weight is 578 g/mol. The minimum absolute atomic E-state index is 0.0563. The third kappa shape index (κ3) is 5.00. The van der Waals surface area contributed by atoms with E-state index in [0.717, 1.165) is 34.0 Å². The van der Waals surface area contributed by atoms with Crippen LogP contribution in [0.5, 0.6) is 0 Å². The Labute approximate surface area is 254 Å². The molecular formula is C37H31N5S. The molecule has 0 amide bonds. The predicted octanol–water partition coefficient (Wildman–Crippen LogP) is 8.71. The summed E-state index contributed by atoms with van der Waals surface area (Å²) in [6.07, 6.45) is 12.5. The summed E-state index contributed by atoms with van der Waals surface area (Å²) < 4.78 is 0. The molecule has 1 aliphatic rings. The quantitative estimate of drug-likeness (QED) is 0.198. The highest BCUT2D eigenvalue weighted by atomic mass is 32.3. The second kappa shape index (κ2) is 11.3. The number of anilines is 1. The molecule has 0 fully saturated rings. The van der Waals surface area contributed by atoms with Gasteiger partial charge in [-0.3, -0.25) is 19.9 Å². The molecule has 2 aromatic carbocycles. The lowest BCUT2D eigenvalue weighted by Crippen LogP contribution is -2.25. The molecule has 0 aliphatic carbocycles. The van der Waals surface area contributed by atoms with Crippen LogP contribution in [0.1, 0.15) is 22.1 Å². The number of hydrogen-bond donors (Lipinski definition) is 0. The van der Waals surface area contributed by atoms with E-state index in [1.807, 2.05) is 55.0 Å². The third-order valence-corrected chi connectivity index (χ3v) is 10.9. The number of hydrogen-bond acceptors (Lipinski definition) is 5. The third-order valence-electron chi connectivity index (χ3n) is 7.81. The zero-order valence-corrected chi connectivity index (χ0v) is 24.9. The molecule has 4 aromatic heterocycles. The van der Waals surface area contributed by atoms with E-state index in [1.165, 1.54) is 21.7 Å². The molecule has 0 N–H and O–H groups in total. The van der Waals surface area contributed by atoms with Crippen LogP contribution in [0, 0.1) is 0 Å². The summed E-state index contributed by atoms with van der Waals surface area (Å²) in [5.41, 5.74) is 9.30. The number of aromatic nitrogens is 4. The van der Waals surface area contributed by atoms with Crippen molar-refractivity contribution in [2.75, 3.05) is 17.4 Å². The van der Waals surface area contributed by atoms with Gasteiger partial charge in [-0.05, 0) is 66.6 Å². The molecule has 5 heterocycles. The van der Waals surface area contributed by atoms with E-state index >= 15 is 0 Å². The van der Waals surface area contributed by atoms with E-state index in [0.29, 0.717) is 0 Å². The highest BCUT2D eigenvalue weighted by molar-refractivity contribution is 8.40. The maximum Gasteiger partial charge on any atom is 0.0952 e. The highest BCUT2D eigenvalue weighted by Gasteiger charge is 2.46. The molecule has 1 atom stereocenters. The lowest BCUT2D eigenvalue weighted by Gasteiger charge is -2.40. The van der Waals surface area contributed by atoms with Gasteiger partial charge in [-0.1, -0.05) is 72.8 Å². The number of para-hydroxylation sites is 1. The van der Waals surface area contributed by atoms with Crippen molar-refractivity contribution in [1.82, 2.24) is 19.9 Å². The van der Waals surface area contributed by atoms with Crippen molar-refractivity contribution in [3.8, 4) is 22.8 Å². The monoisotopic (exact) mass is 577 g/mol. The fourth-order valence-corrected chi connectivity index (χ4v) is 9.15. The molecule has 43 heavy (non-hydrogen) atoms. The van der Waals surface area contributed by atoms with Gasteiger partial charge >= 0.3 is 0 Å². The largest absolute Gasteiger partial charge is 0.324 e. The molecular weight excluding hydrogens is 547 g/mol. The zero-order valence-electron chi connectivity index (χ0n) is 24.1. The number of pyridine rings is 4. The van der Waals surface area contributed by atoms with E-state index < -0.39 is 10.0 Å². The van der Waals surface area contributed by atoms with Crippen molar-refractivity contribution in [1.29, 1.82) is 0 Å². The first-order valence-corrected chi connectivity index (χ1v) is 16.7. The van der Waals surface area contributed by atoms with Gasteiger partial charge in [0.1, 0.15) is 0 Å². The van der Waals surface area contributed by atoms with E-state index in [9.17, 15) is 0 Å². The standard InChI is InChI=1S/C37H31N5S/c1-43(2)36(28-19-21-33(40-25-28)31-17-9-11-23-38-31)35(27-13-5-3-6-14-27)42(30-15-7-4-8-16-30)37(43)29-20-22-34(41-26-29)32-18-10-12-24-39-32/h3-26,37H,1-2H3. The second-order valence-corrected chi connectivity index (χ2v) is 14.5. The summed E-state index contributed by atoms with van der Waals surface area (Å²) in [6, 6.07) is 41.9. The van der Waals surface area contributed by atoms with Gasteiger partial charge < -0.3 is 4.90 Å². The predicted molar refractivity (Wildman–Crippen MR) is 179 cm³/mol. The maximum absolute atomic E-state index is 4.91. The second-order valence-electron chi connectivity index (χ2n) is 10.8. The lowest BCUT2D eigenvalue weighted by molar-refractivity contribution is 0.950. The maximum atomic E-state index is 4.91. The molecule has 6 aromatic rings. The van der Waals surface area contributed by atoms with Gasteiger partial charge in [0, 0.05) is 46.5 Å². The summed E-state index contributed by atoms with van der Waals surface area (Å²) in [6.45, 7) is 0. The van der Waals surface area contributed by atoms with Crippen LogP contribution in [0.15, 0.2) is 146 Å². The number of rotatable bonds is 6. The minimum atomic E-state index is -1.49. The van der Waals surface area contributed by atoms with Crippen molar-refractivity contribution in [3.63, 3.8) is 0 Å². The molecule has 0 spiro atoms. The topological polar surface area (TPSA) is 54.8 Å². The molecule has 1 unspecified atom stereocenters. The van der Waals surface area contributed by atoms with Crippen LogP contribution in [-0.2, 0) is 0 Å². The Morgan fingerprint density at radius 3 is 1.60 bits per heavy atom. The Morgan fingerprint density at radius 1 is 0.512 bits per heavy atom.